The summed E-state index contributed by atoms with van der Waals surface area (Å²) in [5, 5.41) is 6.91. The monoisotopic (exact) mass is 286 g/mol. The lowest BCUT2D eigenvalue weighted by atomic mass is 9.94. The van der Waals surface area contributed by atoms with Crippen molar-refractivity contribution in [3.05, 3.63) is 40.7 Å². The summed E-state index contributed by atoms with van der Waals surface area (Å²) >= 11 is 1.79. The Morgan fingerprint density at radius 2 is 2.05 bits per heavy atom. The van der Waals surface area contributed by atoms with E-state index < -0.39 is 0 Å². The van der Waals surface area contributed by atoms with Crippen molar-refractivity contribution in [1.82, 2.24) is 10.3 Å². The van der Waals surface area contributed by atoms with Crippen LogP contribution < -0.4 is 5.32 Å². The van der Waals surface area contributed by atoms with Gasteiger partial charge >= 0.3 is 0 Å². The van der Waals surface area contributed by atoms with E-state index in [-0.39, 0.29) is 0 Å². The Morgan fingerprint density at radius 3 is 2.70 bits per heavy atom. The molecule has 1 saturated carbocycles. The van der Waals surface area contributed by atoms with E-state index in [1.165, 1.54) is 23.4 Å². The maximum absolute atomic E-state index is 4.81. The molecule has 1 N–H and O–H groups in total. The molecule has 0 saturated heterocycles. The van der Waals surface area contributed by atoms with Gasteiger partial charge in [0, 0.05) is 23.4 Å². The van der Waals surface area contributed by atoms with Gasteiger partial charge in [0.05, 0.1) is 10.7 Å². The van der Waals surface area contributed by atoms with Crippen molar-refractivity contribution in [2.45, 2.75) is 32.2 Å². The highest BCUT2D eigenvalue weighted by Crippen LogP contribution is 2.39. The molecule has 1 aromatic carbocycles. The van der Waals surface area contributed by atoms with Crippen LogP contribution >= 0.6 is 11.3 Å². The van der Waals surface area contributed by atoms with Gasteiger partial charge in [0.15, 0.2) is 0 Å². The molecule has 1 aromatic heterocycles. The molecule has 1 aliphatic rings. The summed E-state index contributed by atoms with van der Waals surface area (Å²) in [6.07, 6.45) is 3.87. The summed E-state index contributed by atoms with van der Waals surface area (Å²) < 4.78 is 0. The highest BCUT2D eigenvalue weighted by atomic mass is 32.1. The predicted molar refractivity (Wildman–Crippen MR) is 86.0 cm³/mol. The van der Waals surface area contributed by atoms with E-state index in [0.717, 1.165) is 24.0 Å². The number of likely N-dealkylation sites (N-methyl/N-ethyl adjacent to an activating group) is 1. The average Bonchev–Trinajstić information content (AvgIpc) is 3.24. The standard InChI is InChI=1S/C17H22N2S/c1-12(13-8-9-13)15(18-2)10-17-19-16(11-20-17)14-6-4-3-5-7-14/h3-7,11-13,15,18H,8-10H2,1-2H3. The van der Waals surface area contributed by atoms with Gasteiger partial charge in [-0.15, -0.1) is 11.3 Å². The molecular weight excluding hydrogens is 264 g/mol. The van der Waals surface area contributed by atoms with Crippen molar-refractivity contribution in [2.24, 2.45) is 11.8 Å². The van der Waals surface area contributed by atoms with Crippen LogP contribution in [0.1, 0.15) is 24.8 Å². The minimum Gasteiger partial charge on any atom is -0.316 e. The van der Waals surface area contributed by atoms with Crippen molar-refractivity contribution in [3.63, 3.8) is 0 Å². The molecule has 0 radical (unpaired) electrons. The van der Waals surface area contributed by atoms with Crippen LogP contribution in [0.25, 0.3) is 11.3 Å². The quantitative estimate of drug-likeness (QED) is 0.868. The minimum absolute atomic E-state index is 0.553. The fourth-order valence-electron chi connectivity index (χ4n) is 2.84. The number of thiazole rings is 1. The van der Waals surface area contributed by atoms with E-state index >= 15 is 0 Å². The summed E-state index contributed by atoms with van der Waals surface area (Å²) in [7, 11) is 2.08. The Hall–Kier alpha value is -1.19. The highest BCUT2D eigenvalue weighted by molar-refractivity contribution is 7.09. The summed E-state index contributed by atoms with van der Waals surface area (Å²) in [6, 6.07) is 11.0. The molecule has 1 aliphatic carbocycles. The van der Waals surface area contributed by atoms with Gasteiger partial charge in [-0.25, -0.2) is 4.98 Å². The number of nitrogens with zero attached hydrogens (tertiary/aromatic N) is 1. The first-order valence-corrected chi connectivity index (χ1v) is 8.33. The van der Waals surface area contributed by atoms with Crippen LogP contribution in [0.2, 0.25) is 0 Å². The third-order valence-corrected chi connectivity index (χ3v) is 5.26. The number of nitrogens with one attached hydrogen (secondary N) is 1. The van der Waals surface area contributed by atoms with Gasteiger partial charge < -0.3 is 5.32 Å². The molecule has 0 bridgehead atoms. The van der Waals surface area contributed by atoms with Crippen molar-refractivity contribution >= 4 is 11.3 Å². The second-order valence-electron chi connectivity index (χ2n) is 5.79. The Labute approximate surface area is 125 Å². The molecule has 20 heavy (non-hydrogen) atoms. The number of hydrogen-bond acceptors (Lipinski definition) is 3. The topological polar surface area (TPSA) is 24.9 Å². The van der Waals surface area contributed by atoms with Gasteiger partial charge in [0.2, 0.25) is 0 Å². The highest BCUT2D eigenvalue weighted by Gasteiger charge is 2.32. The number of aromatic nitrogens is 1. The predicted octanol–water partition coefficient (Wildman–Crippen LogP) is 3.99. The average molecular weight is 286 g/mol. The zero-order valence-corrected chi connectivity index (χ0v) is 13.0. The maximum atomic E-state index is 4.81. The molecule has 106 valence electrons. The summed E-state index contributed by atoms with van der Waals surface area (Å²) in [5.74, 6) is 1.69. The minimum atomic E-state index is 0.553. The second kappa shape index (κ2) is 6.06. The zero-order chi connectivity index (χ0) is 13.9. The Kier molecular flexibility index (Phi) is 4.18. The van der Waals surface area contributed by atoms with Gasteiger partial charge in [-0.2, -0.15) is 0 Å². The van der Waals surface area contributed by atoms with Crippen molar-refractivity contribution in [2.75, 3.05) is 7.05 Å². The van der Waals surface area contributed by atoms with E-state index in [1.54, 1.807) is 11.3 Å². The molecular formula is C17H22N2S. The van der Waals surface area contributed by atoms with E-state index in [0.29, 0.717) is 6.04 Å². The molecule has 3 rings (SSSR count). The van der Waals surface area contributed by atoms with Crippen LogP contribution in [0.5, 0.6) is 0 Å². The van der Waals surface area contributed by atoms with E-state index in [9.17, 15) is 0 Å². The number of rotatable bonds is 6. The van der Waals surface area contributed by atoms with Crippen LogP contribution in [0.15, 0.2) is 35.7 Å². The lowest BCUT2D eigenvalue weighted by Gasteiger charge is -2.22. The lowest BCUT2D eigenvalue weighted by Crippen LogP contribution is -2.35. The van der Waals surface area contributed by atoms with Gasteiger partial charge in [-0.3, -0.25) is 0 Å². The SMILES string of the molecule is CNC(Cc1nc(-c2ccccc2)cs1)C(C)C1CC1. The van der Waals surface area contributed by atoms with Crippen LogP contribution in [0.4, 0.5) is 0 Å². The summed E-state index contributed by atoms with van der Waals surface area (Å²) in [4.78, 5) is 4.81. The Morgan fingerprint density at radius 1 is 1.30 bits per heavy atom. The van der Waals surface area contributed by atoms with Crippen molar-refractivity contribution in [1.29, 1.82) is 0 Å². The molecule has 3 heteroatoms. The largest absolute Gasteiger partial charge is 0.316 e. The first-order valence-electron chi connectivity index (χ1n) is 7.45. The number of hydrogen-bond donors (Lipinski definition) is 1. The first kappa shape index (κ1) is 13.8. The molecule has 0 aliphatic heterocycles. The fourth-order valence-corrected chi connectivity index (χ4v) is 3.70. The second-order valence-corrected chi connectivity index (χ2v) is 6.73. The van der Waals surface area contributed by atoms with Crippen LogP contribution in [0, 0.1) is 11.8 Å². The smallest absolute Gasteiger partial charge is 0.0948 e. The lowest BCUT2D eigenvalue weighted by molar-refractivity contribution is 0.357. The van der Waals surface area contributed by atoms with Gasteiger partial charge in [-0.1, -0.05) is 37.3 Å². The van der Waals surface area contributed by atoms with E-state index in [2.05, 4.69) is 48.9 Å². The first-order chi connectivity index (χ1) is 9.78. The molecule has 2 unspecified atom stereocenters. The van der Waals surface area contributed by atoms with Crippen molar-refractivity contribution in [3.8, 4) is 11.3 Å². The van der Waals surface area contributed by atoms with Crippen LogP contribution in [0.3, 0.4) is 0 Å². The zero-order valence-electron chi connectivity index (χ0n) is 12.2. The van der Waals surface area contributed by atoms with Crippen molar-refractivity contribution < 1.29 is 0 Å². The molecule has 2 aromatic rings. The van der Waals surface area contributed by atoms with Gasteiger partial charge in [-0.05, 0) is 31.7 Å². The Bertz CT molecular complexity index is 545. The molecule has 1 heterocycles. The van der Waals surface area contributed by atoms with Crippen LogP contribution in [-0.2, 0) is 6.42 Å². The number of benzene rings is 1. The molecule has 2 atom stereocenters. The molecule has 1 fully saturated rings. The normalized spacial score (nSPS) is 17.9. The van der Waals surface area contributed by atoms with Gasteiger partial charge in [0.25, 0.3) is 0 Å². The Balaban J connectivity index is 1.70. The third-order valence-electron chi connectivity index (χ3n) is 4.39. The fraction of sp³-hybridized carbons (Fsp3) is 0.471. The van der Waals surface area contributed by atoms with Gasteiger partial charge in [0.1, 0.15) is 0 Å². The molecule has 2 nitrogen and oxygen atoms in total. The third kappa shape index (κ3) is 3.10. The molecule has 0 spiro atoms. The van der Waals surface area contributed by atoms with E-state index in [4.69, 9.17) is 4.98 Å². The maximum Gasteiger partial charge on any atom is 0.0948 e. The summed E-state index contributed by atoms with van der Waals surface area (Å²) in [6.45, 7) is 2.38. The van der Waals surface area contributed by atoms with Crippen LogP contribution in [-0.4, -0.2) is 18.1 Å². The molecule has 0 amide bonds. The van der Waals surface area contributed by atoms with E-state index in [1.807, 2.05) is 6.07 Å². The summed E-state index contributed by atoms with van der Waals surface area (Å²) in [5.41, 5.74) is 2.32.